The second-order valence-corrected chi connectivity index (χ2v) is 5.82. The molecule has 110 valence electrons. The van der Waals surface area contributed by atoms with Crippen LogP contribution in [0.1, 0.15) is 25.1 Å². The Morgan fingerprint density at radius 2 is 2.00 bits per heavy atom. The average Bonchev–Trinajstić information content (AvgIpc) is 3.08. The minimum absolute atomic E-state index is 0.00611. The van der Waals surface area contributed by atoms with Gasteiger partial charge in [0.05, 0.1) is 23.6 Å². The number of fused-ring (bicyclic) bond motifs is 2. The highest BCUT2D eigenvalue weighted by molar-refractivity contribution is 5.87. The number of allylic oxidation sites excluding steroid dienone is 2. The molecule has 0 aromatic carbocycles. The van der Waals surface area contributed by atoms with Crippen LogP contribution in [-0.2, 0) is 9.59 Å². The summed E-state index contributed by atoms with van der Waals surface area (Å²) in [6.07, 6.45) is 6.38. The Balaban J connectivity index is 1.73. The molecular weight excluding hydrogens is 268 g/mol. The zero-order valence-corrected chi connectivity index (χ0v) is 11.8. The van der Waals surface area contributed by atoms with E-state index in [1.54, 1.807) is 6.20 Å². The first-order chi connectivity index (χ1) is 10.1. The van der Waals surface area contributed by atoms with Crippen molar-refractivity contribution in [3.63, 3.8) is 0 Å². The zero-order chi connectivity index (χ0) is 15.0. The molecule has 1 aromatic heterocycles. The normalized spacial score (nSPS) is 31.1. The van der Waals surface area contributed by atoms with Crippen LogP contribution >= 0.6 is 0 Å². The number of nitrogens with one attached hydrogen (secondary N) is 1. The minimum atomic E-state index is -0.877. The van der Waals surface area contributed by atoms with Gasteiger partial charge in [-0.3, -0.25) is 14.6 Å². The van der Waals surface area contributed by atoms with Gasteiger partial charge < -0.3 is 10.4 Å². The third kappa shape index (κ3) is 2.44. The van der Waals surface area contributed by atoms with E-state index in [0.717, 1.165) is 12.1 Å². The lowest BCUT2D eigenvalue weighted by atomic mass is 9.82. The predicted molar refractivity (Wildman–Crippen MR) is 76.1 cm³/mol. The summed E-state index contributed by atoms with van der Waals surface area (Å²) < 4.78 is 0. The van der Waals surface area contributed by atoms with Crippen LogP contribution in [0.25, 0.3) is 0 Å². The predicted octanol–water partition coefficient (Wildman–Crippen LogP) is 1.78. The molecule has 2 aliphatic rings. The summed E-state index contributed by atoms with van der Waals surface area (Å²) in [5.74, 6) is -2.09. The average molecular weight is 286 g/mol. The number of aromatic nitrogens is 1. The quantitative estimate of drug-likeness (QED) is 0.827. The van der Waals surface area contributed by atoms with E-state index in [4.69, 9.17) is 0 Å². The van der Waals surface area contributed by atoms with E-state index in [2.05, 4.69) is 10.3 Å². The van der Waals surface area contributed by atoms with Gasteiger partial charge in [0.15, 0.2) is 0 Å². The van der Waals surface area contributed by atoms with Crippen molar-refractivity contribution >= 4 is 11.9 Å². The highest BCUT2D eigenvalue weighted by atomic mass is 16.4. The van der Waals surface area contributed by atoms with Crippen LogP contribution in [0, 0.1) is 23.7 Å². The number of pyridine rings is 1. The number of carboxylic acid groups (broad SMARTS) is 1. The van der Waals surface area contributed by atoms with Gasteiger partial charge in [0.25, 0.3) is 0 Å². The maximum atomic E-state index is 12.5. The van der Waals surface area contributed by atoms with Gasteiger partial charge >= 0.3 is 5.97 Å². The first-order valence-electron chi connectivity index (χ1n) is 7.20. The number of amides is 1. The Kier molecular flexibility index (Phi) is 3.49. The van der Waals surface area contributed by atoms with Crippen molar-refractivity contribution in [2.45, 2.75) is 19.4 Å². The van der Waals surface area contributed by atoms with Crippen LogP contribution in [0.5, 0.6) is 0 Å². The maximum absolute atomic E-state index is 12.5. The third-order valence-electron chi connectivity index (χ3n) is 4.54. The van der Waals surface area contributed by atoms with Crippen LogP contribution in [0.3, 0.4) is 0 Å². The lowest BCUT2D eigenvalue weighted by molar-refractivity contribution is -0.148. The summed E-state index contributed by atoms with van der Waals surface area (Å²) in [7, 11) is 0. The molecule has 1 amide bonds. The molecule has 3 rings (SSSR count). The van der Waals surface area contributed by atoms with Crippen molar-refractivity contribution in [2.75, 3.05) is 0 Å². The molecule has 0 spiro atoms. The summed E-state index contributed by atoms with van der Waals surface area (Å²) in [5.41, 5.74) is 0.774. The first-order valence-corrected chi connectivity index (χ1v) is 7.20. The van der Waals surface area contributed by atoms with Crippen molar-refractivity contribution in [1.29, 1.82) is 0 Å². The number of carbonyl (C=O) groups is 2. The van der Waals surface area contributed by atoms with E-state index in [9.17, 15) is 14.7 Å². The van der Waals surface area contributed by atoms with Crippen molar-refractivity contribution in [3.05, 3.63) is 42.2 Å². The molecule has 21 heavy (non-hydrogen) atoms. The number of hydrogen-bond donors (Lipinski definition) is 2. The van der Waals surface area contributed by atoms with E-state index >= 15 is 0 Å². The Morgan fingerprint density at radius 1 is 1.29 bits per heavy atom. The summed E-state index contributed by atoms with van der Waals surface area (Å²) in [6, 6.07) is 5.31. The summed E-state index contributed by atoms with van der Waals surface area (Å²) in [6.45, 7) is 1.86. The van der Waals surface area contributed by atoms with Gasteiger partial charge in [-0.25, -0.2) is 0 Å². The van der Waals surface area contributed by atoms with Crippen molar-refractivity contribution in [1.82, 2.24) is 10.3 Å². The van der Waals surface area contributed by atoms with Gasteiger partial charge in [0, 0.05) is 6.20 Å². The van der Waals surface area contributed by atoms with Crippen molar-refractivity contribution in [3.8, 4) is 0 Å². The molecule has 2 aliphatic carbocycles. The molecule has 0 radical (unpaired) electrons. The molecule has 1 saturated carbocycles. The molecule has 4 unspecified atom stereocenters. The smallest absolute Gasteiger partial charge is 0.307 e. The fourth-order valence-corrected chi connectivity index (χ4v) is 3.53. The van der Waals surface area contributed by atoms with Crippen LogP contribution in [0.2, 0.25) is 0 Å². The molecule has 0 aliphatic heterocycles. The molecule has 5 heteroatoms. The number of aliphatic carboxylic acids is 1. The molecule has 2 bridgehead atoms. The standard InChI is InChI=1S/C16H18N2O3/c1-9(12-4-2-3-7-17-12)18-15(19)13-10-5-6-11(8-10)14(13)16(20)21/h2-7,9-11,13-14H,8H2,1H3,(H,18,19)(H,20,21)/t9-,10?,11?,13?,14?/m1/s1. The van der Waals surface area contributed by atoms with Crippen LogP contribution in [-0.4, -0.2) is 22.0 Å². The third-order valence-corrected chi connectivity index (χ3v) is 4.54. The van der Waals surface area contributed by atoms with Crippen molar-refractivity contribution in [2.24, 2.45) is 23.7 Å². The largest absolute Gasteiger partial charge is 0.481 e. The molecule has 1 heterocycles. The lowest BCUT2D eigenvalue weighted by Gasteiger charge is -2.25. The van der Waals surface area contributed by atoms with Gasteiger partial charge in [-0.15, -0.1) is 0 Å². The Bertz CT molecular complexity index is 584. The molecule has 0 saturated heterocycles. The molecule has 1 aromatic rings. The highest BCUT2D eigenvalue weighted by Gasteiger charge is 2.51. The fourth-order valence-electron chi connectivity index (χ4n) is 3.53. The number of hydrogen-bond acceptors (Lipinski definition) is 3. The van der Waals surface area contributed by atoms with E-state index in [1.165, 1.54) is 0 Å². The van der Waals surface area contributed by atoms with Crippen LogP contribution < -0.4 is 5.32 Å². The Morgan fingerprint density at radius 3 is 2.62 bits per heavy atom. The monoisotopic (exact) mass is 286 g/mol. The summed E-state index contributed by atoms with van der Waals surface area (Å²) >= 11 is 0. The number of carboxylic acids is 1. The molecular formula is C16H18N2O3. The van der Waals surface area contributed by atoms with E-state index in [-0.39, 0.29) is 23.8 Å². The number of rotatable bonds is 4. The lowest BCUT2D eigenvalue weighted by Crippen LogP contribution is -2.41. The summed E-state index contributed by atoms with van der Waals surface area (Å²) in [4.78, 5) is 28.1. The zero-order valence-electron chi connectivity index (χ0n) is 11.8. The second kappa shape index (κ2) is 5.31. The molecule has 2 N–H and O–H groups in total. The SMILES string of the molecule is C[C@@H](NC(=O)C1C2C=CC(C2)C1C(=O)O)c1ccccn1. The van der Waals surface area contributed by atoms with Gasteiger partial charge in [-0.1, -0.05) is 18.2 Å². The van der Waals surface area contributed by atoms with Crippen LogP contribution in [0.15, 0.2) is 36.5 Å². The van der Waals surface area contributed by atoms with E-state index in [0.29, 0.717) is 0 Å². The fraction of sp³-hybridized carbons (Fsp3) is 0.438. The second-order valence-electron chi connectivity index (χ2n) is 5.82. The minimum Gasteiger partial charge on any atom is -0.481 e. The molecule has 1 fully saturated rings. The van der Waals surface area contributed by atoms with Gasteiger partial charge in [0.1, 0.15) is 0 Å². The number of nitrogens with zero attached hydrogens (tertiary/aromatic N) is 1. The first kappa shape index (κ1) is 13.8. The van der Waals surface area contributed by atoms with Crippen LogP contribution in [0.4, 0.5) is 0 Å². The molecule has 5 atom stereocenters. The van der Waals surface area contributed by atoms with Gasteiger partial charge in [0.2, 0.25) is 5.91 Å². The Hall–Kier alpha value is -2.17. The Labute approximate surface area is 123 Å². The number of carbonyl (C=O) groups excluding carboxylic acids is 1. The topological polar surface area (TPSA) is 79.3 Å². The highest BCUT2D eigenvalue weighted by Crippen LogP contribution is 2.48. The van der Waals surface area contributed by atoms with Gasteiger partial charge in [-0.05, 0) is 37.3 Å². The van der Waals surface area contributed by atoms with E-state index in [1.807, 2.05) is 37.3 Å². The van der Waals surface area contributed by atoms with Crippen molar-refractivity contribution < 1.29 is 14.7 Å². The van der Waals surface area contributed by atoms with E-state index < -0.39 is 17.8 Å². The van der Waals surface area contributed by atoms with Gasteiger partial charge in [-0.2, -0.15) is 0 Å². The summed E-state index contributed by atoms with van der Waals surface area (Å²) in [5, 5.41) is 12.3. The maximum Gasteiger partial charge on any atom is 0.307 e. The molecule has 5 nitrogen and oxygen atoms in total.